The van der Waals surface area contributed by atoms with Crippen molar-refractivity contribution in [2.24, 2.45) is 5.73 Å². The molecule has 0 saturated heterocycles. The van der Waals surface area contributed by atoms with Crippen molar-refractivity contribution in [2.45, 2.75) is 39.0 Å². The highest BCUT2D eigenvalue weighted by Gasteiger charge is 2.03. The van der Waals surface area contributed by atoms with Crippen LogP contribution in [0.25, 0.3) is 0 Å². The van der Waals surface area contributed by atoms with E-state index in [1.54, 1.807) is 0 Å². The average Bonchev–Trinajstić information content (AvgIpc) is 2.37. The van der Waals surface area contributed by atoms with E-state index in [2.05, 4.69) is 24.4 Å². The molecule has 0 bridgehead atoms. The largest absolute Gasteiger partial charge is 0.393 e. The minimum atomic E-state index is 0.110. The molecule has 0 fully saturated rings. The number of nitrogens with two attached hydrogens (primary N) is 1. The van der Waals surface area contributed by atoms with E-state index in [9.17, 15) is 4.79 Å². The Morgan fingerprint density at radius 3 is 2.68 bits per heavy atom. The number of amides is 1. The summed E-state index contributed by atoms with van der Waals surface area (Å²) >= 11 is 4.80. The maximum Gasteiger partial charge on any atom is 0.220 e. The third kappa shape index (κ3) is 6.91. The highest BCUT2D eigenvalue weighted by Crippen LogP contribution is 2.09. The van der Waals surface area contributed by atoms with Gasteiger partial charge in [0.05, 0.1) is 4.99 Å². The van der Waals surface area contributed by atoms with Crippen molar-refractivity contribution in [1.29, 1.82) is 0 Å². The van der Waals surface area contributed by atoms with Gasteiger partial charge in [-0.1, -0.05) is 36.5 Å². The monoisotopic (exact) mass is 278 g/mol. The summed E-state index contributed by atoms with van der Waals surface area (Å²) < 4.78 is 0. The lowest BCUT2D eigenvalue weighted by Crippen LogP contribution is -2.24. The van der Waals surface area contributed by atoms with Crippen LogP contribution in [0.4, 0.5) is 0 Å². The molecule has 0 atom stereocenters. The van der Waals surface area contributed by atoms with Crippen molar-refractivity contribution >= 4 is 23.1 Å². The van der Waals surface area contributed by atoms with Gasteiger partial charge in [0, 0.05) is 13.0 Å². The molecule has 0 radical (unpaired) electrons. The normalized spacial score (nSPS) is 10.2. The number of hydrogen-bond acceptors (Lipinski definition) is 2. The summed E-state index contributed by atoms with van der Waals surface area (Å²) in [4.78, 5) is 12.2. The molecule has 3 nitrogen and oxygen atoms in total. The Balaban J connectivity index is 2.15. The molecule has 0 aromatic heterocycles. The third-order valence-electron chi connectivity index (χ3n) is 3.05. The van der Waals surface area contributed by atoms with E-state index in [-0.39, 0.29) is 5.91 Å². The lowest BCUT2D eigenvalue weighted by atomic mass is 10.0. The highest BCUT2D eigenvalue weighted by molar-refractivity contribution is 7.80. The molecule has 0 heterocycles. The number of unbranched alkanes of at least 4 members (excludes halogenated alkanes) is 1. The van der Waals surface area contributed by atoms with E-state index < -0.39 is 0 Å². The quantitative estimate of drug-likeness (QED) is 0.567. The number of benzene rings is 1. The first-order chi connectivity index (χ1) is 9.09. The molecule has 1 amide bonds. The summed E-state index contributed by atoms with van der Waals surface area (Å²) in [6.07, 6.45) is 3.96. The van der Waals surface area contributed by atoms with Crippen molar-refractivity contribution < 1.29 is 4.79 Å². The van der Waals surface area contributed by atoms with Gasteiger partial charge in [-0.15, -0.1) is 0 Å². The number of carbonyl (C=O) groups is 1. The lowest BCUT2D eigenvalue weighted by molar-refractivity contribution is -0.121. The van der Waals surface area contributed by atoms with Crippen LogP contribution in [-0.4, -0.2) is 17.4 Å². The van der Waals surface area contributed by atoms with Crippen LogP contribution in [0.15, 0.2) is 24.3 Å². The molecule has 104 valence electrons. The molecule has 19 heavy (non-hydrogen) atoms. The number of hydrogen-bond donors (Lipinski definition) is 2. The van der Waals surface area contributed by atoms with Gasteiger partial charge >= 0.3 is 0 Å². The second-order valence-corrected chi connectivity index (χ2v) is 5.22. The van der Waals surface area contributed by atoms with Gasteiger partial charge in [0.25, 0.3) is 0 Å². The fourth-order valence-electron chi connectivity index (χ4n) is 1.88. The van der Waals surface area contributed by atoms with Gasteiger partial charge < -0.3 is 11.1 Å². The van der Waals surface area contributed by atoms with Gasteiger partial charge in [0.2, 0.25) is 5.91 Å². The zero-order valence-corrected chi connectivity index (χ0v) is 12.3. The number of aryl methyl sites for hydroxylation is 2. The second kappa shape index (κ2) is 8.64. The molecule has 0 aliphatic heterocycles. The van der Waals surface area contributed by atoms with Crippen molar-refractivity contribution in [3.63, 3.8) is 0 Å². The van der Waals surface area contributed by atoms with E-state index in [1.165, 1.54) is 11.1 Å². The van der Waals surface area contributed by atoms with Crippen LogP contribution in [0.1, 0.15) is 36.8 Å². The minimum absolute atomic E-state index is 0.110. The van der Waals surface area contributed by atoms with Gasteiger partial charge in [-0.05, 0) is 43.7 Å². The molecule has 1 aromatic carbocycles. The van der Waals surface area contributed by atoms with Crippen molar-refractivity contribution in [3.8, 4) is 0 Å². The van der Waals surface area contributed by atoms with Crippen molar-refractivity contribution in [2.75, 3.05) is 6.54 Å². The van der Waals surface area contributed by atoms with Gasteiger partial charge in [0.1, 0.15) is 0 Å². The fourth-order valence-corrected chi connectivity index (χ4v) is 2.02. The second-order valence-electron chi connectivity index (χ2n) is 4.70. The number of carbonyl (C=O) groups excluding carboxylic acids is 1. The molecule has 0 aliphatic carbocycles. The highest BCUT2D eigenvalue weighted by atomic mass is 32.1. The Kier molecular flexibility index (Phi) is 7.11. The summed E-state index contributed by atoms with van der Waals surface area (Å²) in [7, 11) is 0. The van der Waals surface area contributed by atoms with Crippen LogP contribution in [0.5, 0.6) is 0 Å². The lowest BCUT2D eigenvalue weighted by Gasteiger charge is -2.07. The van der Waals surface area contributed by atoms with Crippen LogP contribution in [0, 0.1) is 6.92 Å². The first kappa shape index (κ1) is 15.6. The van der Waals surface area contributed by atoms with E-state index in [0.29, 0.717) is 18.0 Å². The van der Waals surface area contributed by atoms with Crippen LogP contribution in [0.3, 0.4) is 0 Å². The SMILES string of the molecule is Cc1ccccc1CCC(=O)NCCCCC(N)=S. The molecule has 1 aromatic rings. The van der Waals surface area contributed by atoms with E-state index in [1.807, 2.05) is 12.1 Å². The van der Waals surface area contributed by atoms with E-state index in [0.717, 1.165) is 25.7 Å². The van der Waals surface area contributed by atoms with Gasteiger partial charge in [-0.25, -0.2) is 0 Å². The topological polar surface area (TPSA) is 55.1 Å². The summed E-state index contributed by atoms with van der Waals surface area (Å²) in [6.45, 7) is 2.78. The Morgan fingerprint density at radius 1 is 1.26 bits per heavy atom. The Labute approximate surface area is 120 Å². The fraction of sp³-hybridized carbons (Fsp3) is 0.467. The summed E-state index contributed by atoms with van der Waals surface area (Å²) in [6, 6.07) is 8.17. The number of rotatable bonds is 8. The summed E-state index contributed by atoms with van der Waals surface area (Å²) in [5, 5.41) is 2.92. The summed E-state index contributed by atoms with van der Waals surface area (Å²) in [5.41, 5.74) is 7.89. The van der Waals surface area contributed by atoms with Gasteiger partial charge in [0.15, 0.2) is 0 Å². The van der Waals surface area contributed by atoms with E-state index in [4.69, 9.17) is 18.0 Å². The van der Waals surface area contributed by atoms with Crippen molar-refractivity contribution in [1.82, 2.24) is 5.32 Å². The molecule has 0 saturated carbocycles. The van der Waals surface area contributed by atoms with Crippen LogP contribution in [0.2, 0.25) is 0 Å². The van der Waals surface area contributed by atoms with Gasteiger partial charge in [-0.2, -0.15) is 0 Å². The molecule has 0 spiro atoms. The Morgan fingerprint density at radius 2 is 2.00 bits per heavy atom. The molecule has 4 heteroatoms. The van der Waals surface area contributed by atoms with Crippen molar-refractivity contribution in [3.05, 3.63) is 35.4 Å². The average molecular weight is 278 g/mol. The maximum absolute atomic E-state index is 11.7. The van der Waals surface area contributed by atoms with Crippen LogP contribution in [-0.2, 0) is 11.2 Å². The minimum Gasteiger partial charge on any atom is -0.393 e. The Bertz CT molecular complexity index is 432. The maximum atomic E-state index is 11.7. The standard InChI is InChI=1S/C15H22N2OS/c1-12-6-2-3-7-13(12)9-10-15(18)17-11-5-4-8-14(16)19/h2-3,6-7H,4-5,8-11H2,1H3,(H2,16,19)(H,17,18). The smallest absolute Gasteiger partial charge is 0.220 e. The van der Waals surface area contributed by atoms with Gasteiger partial charge in [-0.3, -0.25) is 4.79 Å². The molecule has 0 unspecified atom stereocenters. The number of nitrogens with one attached hydrogen (secondary N) is 1. The molecule has 0 aliphatic rings. The third-order valence-corrected chi connectivity index (χ3v) is 3.26. The molecule has 1 rings (SSSR count). The predicted molar refractivity (Wildman–Crippen MR) is 83.1 cm³/mol. The molecular formula is C15H22N2OS. The predicted octanol–water partition coefficient (Wildman–Crippen LogP) is 2.50. The van der Waals surface area contributed by atoms with Crippen LogP contribution >= 0.6 is 12.2 Å². The number of thiocarbonyl (C=S) groups is 1. The van der Waals surface area contributed by atoms with Crippen LogP contribution < -0.4 is 11.1 Å². The molecule has 3 N–H and O–H groups in total. The zero-order chi connectivity index (χ0) is 14.1. The summed E-state index contributed by atoms with van der Waals surface area (Å²) in [5.74, 6) is 0.110. The zero-order valence-electron chi connectivity index (χ0n) is 11.4. The Hall–Kier alpha value is -1.42. The first-order valence-electron chi connectivity index (χ1n) is 6.69. The van der Waals surface area contributed by atoms with E-state index >= 15 is 0 Å². The molecular weight excluding hydrogens is 256 g/mol. The first-order valence-corrected chi connectivity index (χ1v) is 7.10.